The van der Waals surface area contributed by atoms with Crippen LogP contribution in [0.5, 0.6) is 5.75 Å². The number of hydrogen-bond acceptors (Lipinski definition) is 8. The summed E-state index contributed by atoms with van der Waals surface area (Å²) in [7, 11) is 1.63. The molecule has 8 nitrogen and oxygen atoms in total. The molecule has 138 valence electrons. The molecule has 0 radical (unpaired) electrons. The first-order chi connectivity index (χ1) is 13.1. The van der Waals surface area contributed by atoms with E-state index in [1.807, 2.05) is 29.6 Å². The normalized spacial score (nSPS) is 11.1. The highest BCUT2D eigenvalue weighted by atomic mass is 32.2. The minimum Gasteiger partial charge on any atom is -0.497 e. The summed E-state index contributed by atoms with van der Waals surface area (Å²) in [4.78, 5) is 17.2. The van der Waals surface area contributed by atoms with E-state index in [2.05, 4.69) is 15.2 Å². The number of hydrogen-bond donors (Lipinski definition) is 1. The van der Waals surface area contributed by atoms with Gasteiger partial charge in [-0.05, 0) is 17.7 Å². The van der Waals surface area contributed by atoms with Crippen LogP contribution in [0.2, 0.25) is 0 Å². The first-order valence-electron chi connectivity index (χ1n) is 8.05. The molecule has 10 heteroatoms. The van der Waals surface area contributed by atoms with Crippen LogP contribution < -0.4 is 16.1 Å². The number of fused-ring (bicyclic) bond motifs is 1. The summed E-state index contributed by atoms with van der Waals surface area (Å²) < 4.78 is 8.16. The first kappa shape index (κ1) is 17.6. The van der Waals surface area contributed by atoms with Gasteiger partial charge in [0, 0.05) is 29.8 Å². The van der Waals surface area contributed by atoms with Crippen LogP contribution in [-0.4, -0.2) is 31.4 Å². The molecule has 4 aromatic rings. The average molecular weight is 400 g/mol. The van der Waals surface area contributed by atoms with E-state index in [0.29, 0.717) is 33.8 Å². The Morgan fingerprint density at radius 1 is 1.26 bits per heavy atom. The number of nitrogen functional groups attached to an aromatic ring is 1. The summed E-state index contributed by atoms with van der Waals surface area (Å²) in [6, 6.07) is 9.25. The lowest BCUT2D eigenvalue weighted by Crippen LogP contribution is -2.15. The Kier molecular flexibility index (Phi) is 4.82. The van der Waals surface area contributed by atoms with Gasteiger partial charge in [-0.3, -0.25) is 9.20 Å². The Balaban J connectivity index is 1.47. The maximum atomic E-state index is 12.0. The Bertz CT molecular complexity index is 1130. The quantitative estimate of drug-likeness (QED) is 0.390. The molecular formula is C17H16N6O2S2. The maximum absolute atomic E-state index is 12.0. The number of rotatable bonds is 6. The van der Waals surface area contributed by atoms with Gasteiger partial charge in [0.1, 0.15) is 5.75 Å². The van der Waals surface area contributed by atoms with Gasteiger partial charge in [-0.25, -0.2) is 9.66 Å². The Morgan fingerprint density at radius 3 is 2.85 bits per heavy atom. The molecule has 0 amide bonds. The summed E-state index contributed by atoms with van der Waals surface area (Å²) in [5.74, 6) is 8.08. The van der Waals surface area contributed by atoms with Gasteiger partial charge in [0.25, 0.3) is 5.56 Å². The molecule has 0 fully saturated rings. The topological polar surface area (TPSA) is 100 Å². The van der Waals surface area contributed by atoms with Crippen molar-refractivity contribution < 1.29 is 4.74 Å². The lowest BCUT2D eigenvalue weighted by molar-refractivity contribution is 0.414. The molecule has 0 atom stereocenters. The monoisotopic (exact) mass is 400 g/mol. The molecule has 0 saturated carbocycles. The van der Waals surface area contributed by atoms with Gasteiger partial charge in [0.05, 0.1) is 12.8 Å². The van der Waals surface area contributed by atoms with Crippen molar-refractivity contribution in [2.75, 3.05) is 13.0 Å². The number of ether oxygens (including phenoxy) is 1. The van der Waals surface area contributed by atoms with Crippen molar-refractivity contribution in [1.29, 1.82) is 0 Å². The Hall–Kier alpha value is -2.85. The molecule has 0 saturated heterocycles. The van der Waals surface area contributed by atoms with Gasteiger partial charge < -0.3 is 10.6 Å². The number of benzene rings is 1. The third-order valence-electron chi connectivity index (χ3n) is 3.96. The molecule has 0 aliphatic carbocycles. The highest BCUT2D eigenvalue weighted by molar-refractivity contribution is 7.98. The van der Waals surface area contributed by atoms with E-state index in [1.54, 1.807) is 13.3 Å². The first-order valence-corrected chi connectivity index (χ1v) is 9.91. The van der Waals surface area contributed by atoms with E-state index in [4.69, 9.17) is 10.6 Å². The molecule has 2 N–H and O–H groups in total. The minimum atomic E-state index is -0.0914. The number of nitrogens with zero attached hydrogens (tertiary/aromatic N) is 5. The van der Waals surface area contributed by atoms with Crippen LogP contribution >= 0.6 is 23.1 Å². The van der Waals surface area contributed by atoms with Gasteiger partial charge >= 0.3 is 0 Å². The fraction of sp³-hybridized carbons (Fsp3) is 0.176. The van der Waals surface area contributed by atoms with Gasteiger partial charge in [0.15, 0.2) is 10.8 Å². The van der Waals surface area contributed by atoms with Crippen molar-refractivity contribution in [2.24, 2.45) is 0 Å². The zero-order valence-electron chi connectivity index (χ0n) is 14.4. The van der Waals surface area contributed by atoms with Crippen molar-refractivity contribution in [3.63, 3.8) is 0 Å². The van der Waals surface area contributed by atoms with E-state index in [0.717, 1.165) is 11.3 Å². The number of thiazole rings is 1. The maximum Gasteiger partial charge on any atom is 0.258 e. The minimum absolute atomic E-state index is 0.0914. The standard InChI is InChI=1S/C17H16N6O2S2/c1-25-13-4-2-11(3-5-13)8-14-20-21-17(23(14)18)27-10-12-9-15(24)22-6-7-26-16(22)19-12/h2-7,9H,8,10,18H2,1H3. The highest BCUT2D eigenvalue weighted by Gasteiger charge is 2.12. The second-order valence-corrected chi connectivity index (χ2v) is 7.54. The molecule has 27 heavy (non-hydrogen) atoms. The van der Waals surface area contributed by atoms with E-state index < -0.39 is 0 Å². The average Bonchev–Trinajstić information content (AvgIpc) is 3.28. The van der Waals surface area contributed by atoms with Gasteiger partial charge in [-0.15, -0.1) is 21.5 Å². The molecule has 3 aromatic heterocycles. The van der Waals surface area contributed by atoms with Gasteiger partial charge in [0.2, 0.25) is 5.16 Å². The van der Waals surface area contributed by atoms with Crippen LogP contribution in [-0.2, 0) is 12.2 Å². The van der Waals surface area contributed by atoms with Gasteiger partial charge in [-0.2, -0.15) is 0 Å². The molecular weight excluding hydrogens is 384 g/mol. The van der Waals surface area contributed by atoms with E-state index >= 15 is 0 Å². The van der Waals surface area contributed by atoms with Crippen LogP contribution in [0, 0.1) is 0 Å². The number of nitrogens with two attached hydrogens (primary N) is 1. The highest BCUT2D eigenvalue weighted by Crippen LogP contribution is 2.21. The second kappa shape index (κ2) is 7.41. The van der Waals surface area contributed by atoms with Gasteiger partial charge in [-0.1, -0.05) is 23.9 Å². The number of thioether (sulfide) groups is 1. The predicted octanol–water partition coefficient (Wildman–Crippen LogP) is 1.95. The number of methoxy groups -OCH3 is 1. The summed E-state index contributed by atoms with van der Waals surface area (Å²) in [5.41, 5.74) is 1.66. The van der Waals surface area contributed by atoms with Crippen molar-refractivity contribution in [3.8, 4) is 5.75 Å². The van der Waals surface area contributed by atoms with Crippen molar-refractivity contribution in [1.82, 2.24) is 24.3 Å². The fourth-order valence-electron chi connectivity index (χ4n) is 2.55. The third kappa shape index (κ3) is 3.67. The molecule has 0 unspecified atom stereocenters. The lowest BCUT2D eigenvalue weighted by Gasteiger charge is -2.05. The zero-order valence-corrected chi connectivity index (χ0v) is 16.0. The molecule has 3 heterocycles. The predicted molar refractivity (Wildman–Crippen MR) is 105 cm³/mol. The molecule has 1 aromatic carbocycles. The summed E-state index contributed by atoms with van der Waals surface area (Å²) in [6.07, 6.45) is 2.28. The third-order valence-corrected chi connectivity index (χ3v) is 5.70. The Labute approximate surface area is 162 Å². The Morgan fingerprint density at radius 2 is 2.07 bits per heavy atom. The lowest BCUT2D eigenvalue weighted by atomic mass is 10.1. The molecule has 0 spiro atoms. The van der Waals surface area contributed by atoms with Crippen LogP contribution in [0.15, 0.2) is 51.9 Å². The SMILES string of the molecule is COc1ccc(Cc2nnc(SCc3cc(=O)n4ccsc4n3)n2N)cc1. The fourth-order valence-corrected chi connectivity index (χ4v) is 4.06. The van der Waals surface area contributed by atoms with Crippen molar-refractivity contribution >= 4 is 28.1 Å². The van der Waals surface area contributed by atoms with Crippen LogP contribution in [0.4, 0.5) is 0 Å². The number of aromatic nitrogens is 5. The van der Waals surface area contributed by atoms with E-state index in [9.17, 15) is 4.79 Å². The zero-order chi connectivity index (χ0) is 18.8. The molecule has 4 rings (SSSR count). The van der Waals surface area contributed by atoms with Crippen LogP contribution in [0.25, 0.3) is 4.96 Å². The van der Waals surface area contributed by atoms with Crippen LogP contribution in [0.1, 0.15) is 17.1 Å². The molecule has 0 aliphatic rings. The molecule has 0 bridgehead atoms. The van der Waals surface area contributed by atoms with Crippen molar-refractivity contribution in [2.45, 2.75) is 17.3 Å². The smallest absolute Gasteiger partial charge is 0.258 e. The van der Waals surface area contributed by atoms with Crippen molar-refractivity contribution in [3.05, 3.63) is 69.3 Å². The summed E-state index contributed by atoms with van der Waals surface area (Å²) >= 11 is 2.82. The van der Waals surface area contributed by atoms with E-state index in [-0.39, 0.29) is 5.56 Å². The largest absolute Gasteiger partial charge is 0.497 e. The molecule has 0 aliphatic heterocycles. The second-order valence-electron chi connectivity index (χ2n) is 5.72. The van der Waals surface area contributed by atoms with E-state index in [1.165, 1.54) is 38.2 Å². The summed E-state index contributed by atoms with van der Waals surface area (Å²) in [6.45, 7) is 0. The summed E-state index contributed by atoms with van der Waals surface area (Å²) in [5, 5.41) is 10.7. The van der Waals surface area contributed by atoms with Crippen LogP contribution in [0.3, 0.4) is 0 Å².